The Morgan fingerprint density at radius 3 is 2.50 bits per heavy atom. The maximum Gasteiger partial charge on any atom is 0.109 e. The van der Waals surface area contributed by atoms with Crippen LogP contribution >= 0.6 is 15.9 Å². The molecule has 70 valence electrons. The number of aromatic nitrogens is 1. The minimum atomic E-state index is 0.916. The first kappa shape index (κ1) is 9.41. The molecule has 0 fully saturated rings. The van der Waals surface area contributed by atoms with E-state index in [1.165, 1.54) is 16.7 Å². The molecule has 2 aromatic rings. The van der Waals surface area contributed by atoms with Gasteiger partial charge in [0.2, 0.25) is 0 Å². The van der Waals surface area contributed by atoms with E-state index < -0.39 is 0 Å². The van der Waals surface area contributed by atoms with E-state index in [0.717, 1.165) is 4.60 Å². The molecule has 1 aromatic carbocycles. The number of rotatable bonds is 1. The second-order valence-corrected chi connectivity index (χ2v) is 3.89. The van der Waals surface area contributed by atoms with Gasteiger partial charge in [-0.25, -0.2) is 4.98 Å². The van der Waals surface area contributed by atoms with Crippen molar-refractivity contribution < 1.29 is 0 Å². The average molecular weight is 248 g/mol. The lowest BCUT2D eigenvalue weighted by Crippen LogP contribution is -1.86. The highest BCUT2D eigenvalue weighted by atomic mass is 79.9. The molecule has 0 radical (unpaired) electrons. The van der Waals surface area contributed by atoms with Crippen LogP contribution in [-0.2, 0) is 0 Å². The molecular weight excluding hydrogens is 238 g/mol. The number of hydrogen-bond acceptors (Lipinski definition) is 1. The molecule has 2 heteroatoms. The van der Waals surface area contributed by atoms with Crippen LogP contribution in [0.25, 0.3) is 11.1 Å². The first-order valence-electron chi connectivity index (χ1n) is 4.45. The molecule has 14 heavy (non-hydrogen) atoms. The normalized spacial score (nSPS) is 10.1. The summed E-state index contributed by atoms with van der Waals surface area (Å²) in [6.45, 7) is 2.07. The molecule has 0 saturated heterocycles. The molecule has 0 amide bonds. The van der Waals surface area contributed by atoms with Crippen molar-refractivity contribution in [2.24, 2.45) is 0 Å². The molecule has 0 aliphatic heterocycles. The largest absolute Gasteiger partial charge is 0.249 e. The van der Waals surface area contributed by atoms with Crippen molar-refractivity contribution in [1.82, 2.24) is 4.98 Å². The van der Waals surface area contributed by atoms with Gasteiger partial charge in [0, 0.05) is 6.20 Å². The summed E-state index contributed by atoms with van der Waals surface area (Å²) in [5.41, 5.74) is 3.64. The van der Waals surface area contributed by atoms with Gasteiger partial charge in [-0.3, -0.25) is 0 Å². The van der Waals surface area contributed by atoms with Gasteiger partial charge in [-0.05, 0) is 45.6 Å². The van der Waals surface area contributed by atoms with Crippen molar-refractivity contribution in [3.05, 3.63) is 52.8 Å². The van der Waals surface area contributed by atoms with Gasteiger partial charge in [0.25, 0.3) is 0 Å². The third-order valence-corrected chi connectivity index (χ3v) is 3.03. The Labute approximate surface area is 91.9 Å². The van der Waals surface area contributed by atoms with Crippen LogP contribution in [-0.4, -0.2) is 4.98 Å². The van der Waals surface area contributed by atoms with E-state index in [0.29, 0.717) is 0 Å². The summed E-state index contributed by atoms with van der Waals surface area (Å²) < 4.78 is 0.916. The minimum absolute atomic E-state index is 0.916. The van der Waals surface area contributed by atoms with Crippen molar-refractivity contribution >= 4 is 15.9 Å². The molecule has 1 aromatic heterocycles. The molecule has 0 saturated carbocycles. The Hall–Kier alpha value is -1.15. The van der Waals surface area contributed by atoms with E-state index in [1.54, 1.807) is 0 Å². The molecule has 0 N–H and O–H groups in total. The first-order valence-corrected chi connectivity index (χ1v) is 5.25. The number of halogens is 1. The number of nitrogens with zero attached hydrogens (tertiary/aromatic N) is 1. The van der Waals surface area contributed by atoms with Crippen molar-refractivity contribution in [2.75, 3.05) is 0 Å². The van der Waals surface area contributed by atoms with Crippen LogP contribution < -0.4 is 0 Å². The monoisotopic (exact) mass is 247 g/mol. The maximum absolute atomic E-state index is 4.18. The zero-order valence-corrected chi connectivity index (χ0v) is 9.45. The van der Waals surface area contributed by atoms with Gasteiger partial charge in [0.05, 0.1) is 0 Å². The lowest BCUT2D eigenvalue weighted by atomic mass is 10.0. The molecule has 0 atom stereocenters. The zero-order valence-electron chi connectivity index (χ0n) is 7.87. The summed E-state index contributed by atoms with van der Waals surface area (Å²) in [6, 6.07) is 12.4. The SMILES string of the molecule is Cc1c(-c2ccccc2)ccnc1Br. The Kier molecular flexibility index (Phi) is 2.64. The quantitative estimate of drug-likeness (QED) is 0.699. The molecular formula is C12H10BrN. The van der Waals surface area contributed by atoms with Gasteiger partial charge in [0.1, 0.15) is 4.60 Å². The second-order valence-electron chi connectivity index (χ2n) is 3.14. The lowest BCUT2D eigenvalue weighted by molar-refractivity contribution is 1.22. The summed E-state index contributed by atoms with van der Waals surface area (Å²) in [5, 5.41) is 0. The molecule has 0 aliphatic carbocycles. The van der Waals surface area contributed by atoms with Gasteiger partial charge in [0.15, 0.2) is 0 Å². The Balaban J connectivity index is 2.58. The maximum atomic E-state index is 4.18. The third-order valence-electron chi connectivity index (χ3n) is 2.23. The molecule has 0 spiro atoms. The number of benzene rings is 1. The molecule has 0 bridgehead atoms. The highest BCUT2D eigenvalue weighted by Gasteiger charge is 2.03. The van der Waals surface area contributed by atoms with Gasteiger partial charge in [-0.1, -0.05) is 30.3 Å². The van der Waals surface area contributed by atoms with Gasteiger partial charge >= 0.3 is 0 Å². The van der Waals surface area contributed by atoms with Crippen LogP contribution in [0.2, 0.25) is 0 Å². The van der Waals surface area contributed by atoms with Crippen LogP contribution in [0.15, 0.2) is 47.2 Å². The fraction of sp³-hybridized carbons (Fsp3) is 0.0833. The molecule has 0 unspecified atom stereocenters. The summed E-state index contributed by atoms with van der Waals surface area (Å²) in [5.74, 6) is 0. The fourth-order valence-electron chi connectivity index (χ4n) is 1.44. The average Bonchev–Trinajstić information content (AvgIpc) is 2.23. The Morgan fingerprint density at radius 1 is 1.07 bits per heavy atom. The summed E-state index contributed by atoms with van der Waals surface area (Å²) in [7, 11) is 0. The number of hydrogen-bond donors (Lipinski definition) is 0. The van der Waals surface area contributed by atoms with E-state index in [9.17, 15) is 0 Å². The van der Waals surface area contributed by atoms with E-state index in [4.69, 9.17) is 0 Å². The smallest absolute Gasteiger partial charge is 0.109 e. The van der Waals surface area contributed by atoms with E-state index in [1.807, 2.05) is 30.5 Å². The lowest BCUT2D eigenvalue weighted by Gasteiger charge is -2.06. The van der Waals surface area contributed by atoms with Crippen molar-refractivity contribution in [1.29, 1.82) is 0 Å². The number of pyridine rings is 1. The second kappa shape index (κ2) is 3.93. The van der Waals surface area contributed by atoms with Crippen LogP contribution in [0, 0.1) is 6.92 Å². The van der Waals surface area contributed by atoms with Gasteiger partial charge in [-0.15, -0.1) is 0 Å². The van der Waals surface area contributed by atoms with E-state index >= 15 is 0 Å². The van der Waals surface area contributed by atoms with Crippen LogP contribution in [0.5, 0.6) is 0 Å². The Bertz CT molecular complexity index is 437. The highest BCUT2D eigenvalue weighted by molar-refractivity contribution is 9.10. The molecule has 0 aliphatic rings. The van der Waals surface area contributed by atoms with Crippen molar-refractivity contribution in [2.45, 2.75) is 6.92 Å². The van der Waals surface area contributed by atoms with Crippen LogP contribution in [0.3, 0.4) is 0 Å². The summed E-state index contributed by atoms with van der Waals surface area (Å²) in [4.78, 5) is 4.18. The third kappa shape index (κ3) is 1.70. The first-order chi connectivity index (χ1) is 6.79. The topological polar surface area (TPSA) is 12.9 Å². The van der Waals surface area contributed by atoms with E-state index in [2.05, 4.69) is 40.0 Å². The highest BCUT2D eigenvalue weighted by Crippen LogP contribution is 2.26. The van der Waals surface area contributed by atoms with E-state index in [-0.39, 0.29) is 0 Å². The van der Waals surface area contributed by atoms with Crippen molar-refractivity contribution in [3.8, 4) is 11.1 Å². The predicted octanol–water partition coefficient (Wildman–Crippen LogP) is 3.82. The zero-order chi connectivity index (χ0) is 9.97. The molecule has 2 rings (SSSR count). The molecule has 1 nitrogen and oxygen atoms in total. The minimum Gasteiger partial charge on any atom is -0.249 e. The Morgan fingerprint density at radius 2 is 1.79 bits per heavy atom. The summed E-state index contributed by atoms with van der Waals surface area (Å²) >= 11 is 3.43. The predicted molar refractivity (Wildman–Crippen MR) is 62.1 cm³/mol. The van der Waals surface area contributed by atoms with Crippen molar-refractivity contribution in [3.63, 3.8) is 0 Å². The standard InChI is InChI=1S/C12H10BrN/c1-9-11(7-8-14-12(9)13)10-5-3-2-4-6-10/h2-8H,1H3. The fourth-order valence-corrected chi connectivity index (χ4v) is 1.77. The van der Waals surface area contributed by atoms with Crippen LogP contribution in [0.1, 0.15) is 5.56 Å². The van der Waals surface area contributed by atoms with Gasteiger partial charge in [-0.2, -0.15) is 0 Å². The molecule has 1 heterocycles. The van der Waals surface area contributed by atoms with Crippen LogP contribution in [0.4, 0.5) is 0 Å². The van der Waals surface area contributed by atoms with Gasteiger partial charge < -0.3 is 0 Å². The summed E-state index contributed by atoms with van der Waals surface area (Å²) in [6.07, 6.45) is 1.82.